The number of rotatable bonds is 1. The molecule has 0 aliphatic carbocycles. The van der Waals surface area contributed by atoms with Gasteiger partial charge in [-0.25, -0.2) is 5.06 Å². The summed E-state index contributed by atoms with van der Waals surface area (Å²) in [5, 5.41) is 16.4. The molecule has 0 aliphatic heterocycles. The van der Waals surface area contributed by atoms with Crippen LogP contribution in [0.25, 0.3) is 0 Å². The van der Waals surface area contributed by atoms with Crippen LogP contribution in [0.3, 0.4) is 0 Å². The minimum Gasteiger partial charge on any atom is -0.287 e. The van der Waals surface area contributed by atoms with E-state index in [2.05, 4.69) is 12.6 Å². The average molecular weight is 146 g/mol. The molecule has 0 aliphatic rings. The average Bonchev–Trinajstić information content (AvgIpc) is 1.63. The van der Waals surface area contributed by atoms with E-state index in [1.165, 1.54) is 13.1 Å². The van der Waals surface area contributed by atoms with Gasteiger partial charge in [0, 0.05) is 6.20 Å². The van der Waals surface area contributed by atoms with E-state index >= 15 is 0 Å². The zero-order chi connectivity index (χ0) is 7.44. The highest BCUT2D eigenvalue weighted by Crippen LogP contribution is 1.98. The third-order valence-electron chi connectivity index (χ3n) is 0.653. The van der Waals surface area contributed by atoms with Crippen LogP contribution in [0, 0.1) is 5.41 Å². The van der Waals surface area contributed by atoms with Gasteiger partial charge in [-0.1, -0.05) is 0 Å². The second-order valence-electron chi connectivity index (χ2n) is 1.70. The van der Waals surface area contributed by atoms with Crippen molar-refractivity contribution in [1.29, 1.82) is 5.41 Å². The number of allylic oxidation sites excluding steroid dienone is 1. The lowest BCUT2D eigenvalue weighted by molar-refractivity contribution is 0.0355. The minimum atomic E-state index is 0.0726. The minimum absolute atomic E-state index is 0.0726. The van der Waals surface area contributed by atoms with Crippen molar-refractivity contribution in [1.82, 2.24) is 5.06 Å². The highest BCUT2D eigenvalue weighted by atomic mass is 32.1. The molecule has 0 fully saturated rings. The summed E-state index contributed by atoms with van der Waals surface area (Å²) in [6, 6.07) is 0. The Morgan fingerprint density at radius 2 is 2.11 bits per heavy atom. The molecule has 0 bridgehead atoms. The second-order valence-corrected chi connectivity index (χ2v) is 2.41. The molecule has 3 nitrogen and oxygen atoms in total. The summed E-state index contributed by atoms with van der Waals surface area (Å²) in [5.74, 6) is 0.0726. The maximum Gasteiger partial charge on any atom is 0.122 e. The van der Waals surface area contributed by atoms with E-state index in [4.69, 9.17) is 10.6 Å². The zero-order valence-corrected chi connectivity index (χ0v) is 6.31. The van der Waals surface area contributed by atoms with Crippen LogP contribution in [0.4, 0.5) is 0 Å². The molecule has 0 aromatic heterocycles. The van der Waals surface area contributed by atoms with Gasteiger partial charge in [0.05, 0.1) is 0 Å². The van der Waals surface area contributed by atoms with Crippen molar-refractivity contribution in [2.45, 2.75) is 13.8 Å². The number of hydrogen-bond donors (Lipinski definition) is 3. The molecule has 0 rings (SSSR count). The number of amidine groups is 1. The SMILES string of the molecule is CC(=N)N(O)/C=C(/C)S. The van der Waals surface area contributed by atoms with Crippen LogP contribution in [0.5, 0.6) is 0 Å². The Hall–Kier alpha value is -0.480. The molecule has 9 heavy (non-hydrogen) atoms. The highest BCUT2D eigenvalue weighted by molar-refractivity contribution is 7.84. The molecular formula is C5H10N2OS. The Kier molecular flexibility index (Phi) is 3.34. The molecule has 52 valence electrons. The topological polar surface area (TPSA) is 47.3 Å². The lowest BCUT2D eigenvalue weighted by Crippen LogP contribution is -2.16. The molecular weight excluding hydrogens is 136 g/mol. The molecule has 0 heterocycles. The number of nitrogens with one attached hydrogen (secondary N) is 1. The number of nitrogens with zero attached hydrogens (tertiary/aromatic N) is 1. The summed E-state index contributed by atoms with van der Waals surface area (Å²) < 4.78 is 0. The third-order valence-corrected chi connectivity index (χ3v) is 0.768. The smallest absolute Gasteiger partial charge is 0.122 e. The van der Waals surface area contributed by atoms with Crippen LogP contribution < -0.4 is 0 Å². The molecule has 0 saturated carbocycles. The zero-order valence-electron chi connectivity index (χ0n) is 5.42. The third kappa shape index (κ3) is 4.05. The first kappa shape index (κ1) is 8.52. The molecule has 4 heteroatoms. The molecule has 0 aromatic carbocycles. The van der Waals surface area contributed by atoms with Gasteiger partial charge in [-0.3, -0.25) is 10.6 Å². The summed E-state index contributed by atoms with van der Waals surface area (Å²) in [5.41, 5.74) is 0. The van der Waals surface area contributed by atoms with Crippen molar-refractivity contribution in [2.75, 3.05) is 0 Å². The van der Waals surface area contributed by atoms with E-state index in [9.17, 15) is 0 Å². The molecule has 0 radical (unpaired) electrons. The summed E-state index contributed by atoms with van der Waals surface area (Å²) >= 11 is 3.89. The maximum atomic E-state index is 8.78. The van der Waals surface area contributed by atoms with E-state index in [0.717, 1.165) is 0 Å². The van der Waals surface area contributed by atoms with Gasteiger partial charge in [-0.15, -0.1) is 12.6 Å². The predicted octanol–water partition coefficient (Wildman–Crippen LogP) is 1.47. The largest absolute Gasteiger partial charge is 0.287 e. The molecule has 0 saturated heterocycles. The molecule has 0 spiro atoms. The maximum absolute atomic E-state index is 8.78. The van der Waals surface area contributed by atoms with Crippen LogP contribution in [0.15, 0.2) is 11.1 Å². The summed E-state index contributed by atoms with van der Waals surface area (Å²) in [4.78, 5) is 0.657. The fraction of sp³-hybridized carbons (Fsp3) is 0.400. The lowest BCUT2D eigenvalue weighted by Gasteiger charge is -2.08. The van der Waals surface area contributed by atoms with Crippen LogP contribution in [0.1, 0.15) is 13.8 Å². The van der Waals surface area contributed by atoms with E-state index in [1.54, 1.807) is 6.92 Å². The van der Waals surface area contributed by atoms with Gasteiger partial charge in [0.2, 0.25) is 0 Å². The highest BCUT2D eigenvalue weighted by Gasteiger charge is 1.93. The number of thiol groups is 1. The molecule has 2 N–H and O–H groups in total. The standard InChI is InChI=1S/C5H10N2OS/c1-4(9)3-7(8)5(2)6/h3,6,8-9H,1-2H3/b4-3-,6-5?. The fourth-order valence-corrected chi connectivity index (χ4v) is 0.383. The van der Waals surface area contributed by atoms with Crippen molar-refractivity contribution >= 4 is 18.5 Å². The predicted molar refractivity (Wildman–Crippen MR) is 39.8 cm³/mol. The van der Waals surface area contributed by atoms with Gasteiger partial charge in [-0.2, -0.15) is 0 Å². The monoisotopic (exact) mass is 146 g/mol. The van der Waals surface area contributed by atoms with Gasteiger partial charge in [0.25, 0.3) is 0 Å². The summed E-state index contributed by atoms with van der Waals surface area (Å²) in [6.07, 6.45) is 1.35. The fourth-order valence-electron chi connectivity index (χ4n) is 0.274. The normalized spacial score (nSPS) is 11.3. The molecule has 0 unspecified atom stereocenters. The van der Waals surface area contributed by atoms with Crippen LogP contribution in [0.2, 0.25) is 0 Å². The van der Waals surface area contributed by atoms with Gasteiger partial charge in [0.15, 0.2) is 0 Å². The van der Waals surface area contributed by atoms with Crippen molar-refractivity contribution in [3.63, 3.8) is 0 Å². The number of hydroxylamine groups is 2. The van der Waals surface area contributed by atoms with E-state index in [-0.39, 0.29) is 5.84 Å². The lowest BCUT2D eigenvalue weighted by atomic mass is 10.6. The van der Waals surface area contributed by atoms with Gasteiger partial charge < -0.3 is 0 Å². The van der Waals surface area contributed by atoms with Crippen LogP contribution >= 0.6 is 12.6 Å². The first-order valence-corrected chi connectivity index (χ1v) is 2.89. The van der Waals surface area contributed by atoms with E-state index in [0.29, 0.717) is 9.97 Å². The van der Waals surface area contributed by atoms with Gasteiger partial charge in [0.1, 0.15) is 5.84 Å². The van der Waals surface area contributed by atoms with Crippen LogP contribution in [-0.4, -0.2) is 16.1 Å². The Morgan fingerprint density at radius 1 is 1.67 bits per heavy atom. The summed E-state index contributed by atoms with van der Waals surface area (Å²) in [7, 11) is 0. The first-order chi connectivity index (χ1) is 4.04. The first-order valence-electron chi connectivity index (χ1n) is 2.44. The Bertz CT molecular complexity index is 140. The Labute approximate surface area is 59.9 Å². The Morgan fingerprint density at radius 3 is 2.22 bits per heavy atom. The van der Waals surface area contributed by atoms with E-state index < -0.39 is 0 Å². The van der Waals surface area contributed by atoms with Crippen molar-refractivity contribution in [2.24, 2.45) is 0 Å². The van der Waals surface area contributed by atoms with Gasteiger partial charge >= 0.3 is 0 Å². The van der Waals surface area contributed by atoms with Crippen molar-refractivity contribution in [3.8, 4) is 0 Å². The van der Waals surface area contributed by atoms with E-state index in [1.807, 2.05) is 0 Å². The molecule has 0 aromatic rings. The van der Waals surface area contributed by atoms with Crippen LogP contribution in [-0.2, 0) is 0 Å². The Balaban J connectivity index is 3.91. The van der Waals surface area contributed by atoms with Crippen molar-refractivity contribution < 1.29 is 5.21 Å². The number of hydrogen-bond acceptors (Lipinski definition) is 3. The summed E-state index contributed by atoms with van der Waals surface area (Å²) in [6.45, 7) is 3.20. The second kappa shape index (κ2) is 3.53. The van der Waals surface area contributed by atoms with Gasteiger partial charge in [-0.05, 0) is 18.8 Å². The van der Waals surface area contributed by atoms with Crippen molar-refractivity contribution in [3.05, 3.63) is 11.1 Å². The molecule has 0 amide bonds. The molecule has 0 atom stereocenters. The quantitative estimate of drug-likeness (QED) is 0.227.